The van der Waals surface area contributed by atoms with Crippen LogP contribution in [0.2, 0.25) is 0 Å². The number of carboxylic acids is 1. The zero-order valence-corrected chi connectivity index (χ0v) is 11.6. The second-order valence-corrected chi connectivity index (χ2v) is 5.17. The molecule has 3 heterocycles. The standard InChI is InChI=1S/C14H17N3O3/c1-8-11(14(18)19)7-15-13-12(8)9(2)16-17(13)10-3-5-20-6-4-10/h7,10H,3-6H2,1-2H3,(H,18,19). The average Bonchev–Trinajstić information content (AvgIpc) is 2.78. The molecule has 0 aliphatic carbocycles. The number of carbonyl (C=O) groups is 1. The summed E-state index contributed by atoms with van der Waals surface area (Å²) in [4.78, 5) is 15.5. The highest BCUT2D eigenvalue weighted by molar-refractivity contribution is 5.95. The van der Waals surface area contributed by atoms with E-state index in [4.69, 9.17) is 4.74 Å². The highest BCUT2D eigenvalue weighted by Gasteiger charge is 2.23. The molecule has 0 spiro atoms. The lowest BCUT2D eigenvalue weighted by Gasteiger charge is -2.22. The molecular weight excluding hydrogens is 258 g/mol. The minimum atomic E-state index is -0.949. The second-order valence-electron chi connectivity index (χ2n) is 5.17. The SMILES string of the molecule is Cc1nn(C2CCOCC2)c2ncc(C(=O)O)c(C)c12. The Morgan fingerprint density at radius 2 is 2.10 bits per heavy atom. The topological polar surface area (TPSA) is 77.2 Å². The highest BCUT2D eigenvalue weighted by atomic mass is 16.5. The molecule has 6 heteroatoms. The summed E-state index contributed by atoms with van der Waals surface area (Å²) in [5.41, 5.74) is 2.59. The fourth-order valence-corrected chi connectivity index (χ4v) is 2.86. The fourth-order valence-electron chi connectivity index (χ4n) is 2.86. The van der Waals surface area contributed by atoms with Crippen LogP contribution in [0, 0.1) is 13.8 Å². The van der Waals surface area contributed by atoms with Gasteiger partial charge in [0.15, 0.2) is 5.65 Å². The lowest BCUT2D eigenvalue weighted by Crippen LogP contribution is -2.20. The number of rotatable bonds is 2. The number of aromatic nitrogens is 3. The number of pyridine rings is 1. The molecule has 0 bridgehead atoms. The molecule has 0 radical (unpaired) electrons. The van der Waals surface area contributed by atoms with Crippen LogP contribution in [0.1, 0.15) is 40.5 Å². The second kappa shape index (κ2) is 4.86. The Kier molecular flexibility index (Phi) is 3.17. The Morgan fingerprint density at radius 3 is 2.75 bits per heavy atom. The Balaban J connectivity index is 2.16. The van der Waals surface area contributed by atoms with Gasteiger partial charge in [-0.25, -0.2) is 14.5 Å². The van der Waals surface area contributed by atoms with E-state index in [-0.39, 0.29) is 11.6 Å². The molecule has 106 valence electrons. The zero-order valence-electron chi connectivity index (χ0n) is 11.6. The van der Waals surface area contributed by atoms with Crippen molar-refractivity contribution in [1.82, 2.24) is 14.8 Å². The normalized spacial score (nSPS) is 16.7. The van der Waals surface area contributed by atoms with Crippen LogP contribution >= 0.6 is 0 Å². The minimum absolute atomic E-state index is 0.243. The number of hydrogen-bond acceptors (Lipinski definition) is 4. The highest BCUT2D eigenvalue weighted by Crippen LogP contribution is 2.28. The van der Waals surface area contributed by atoms with Crippen LogP contribution in [0.15, 0.2) is 6.20 Å². The number of aryl methyl sites for hydroxylation is 2. The maximum atomic E-state index is 11.2. The van der Waals surface area contributed by atoms with Gasteiger partial charge < -0.3 is 9.84 Å². The predicted molar refractivity (Wildman–Crippen MR) is 73.1 cm³/mol. The van der Waals surface area contributed by atoms with Crippen LogP contribution in [0.5, 0.6) is 0 Å². The van der Waals surface area contributed by atoms with Crippen LogP contribution in [0.3, 0.4) is 0 Å². The molecule has 0 saturated carbocycles. The van der Waals surface area contributed by atoms with Gasteiger partial charge in [0.05, 0.1) is 17.3 Å². The predicted octanol–water partition coefficient (Wildman–Crippen LogP) is 2.10. The van der Waals surface area contributed by atoms with E-state index in [9.17, 15) is 9.90 Å². The van der Waals surface area contributed by atoms with Gasteiger partial charge in [-0.1, -0.05) is 0 Å². The minimum Gasteiger partial charge on any atom is -0.478 e. The molecule has 6 nitrogen and oxygen atoms in total. The van der Waals surface area contributed by atoms with Gasteiger partial charge in [0.25, 0.3) is 0 Å². The molecule has 1 N–H and O–H groups in total. The molecular formula is C14H17N3O3. The summed E-state index contributed by atoms with van der Waals surface area (Å²) in [6.45, 7) is 5.18. The van der Waals surface area contributed by atoms with Crippen LogP contribution in [-0.2, 0) is 4.74 Å². The summed E-state index contributed by atoms with van der Waals surface area (Å²) in [5.74, 6) is -0.949. The summed E-state index contributed by atoms with van der Waals surface area (Å²) < 4.78 is 7.31. The summed E-state index contributed by atoms with van der Waals surface area (Å²) in [7, 11) is 0. The Morgan fingerprint density at radius 1 is 1.40 bits per heavy atom. The number of nitrogens with zero attached hydrogens (tertiary/aromatic N) is 3. The van der Waals surface area contributed by atoms with Crippen molar-refractivity contribution in [2.45, 2.75) is 32.7 Å². The third-order valence-corrected chi connectivity index (χ3v) is 3.92. The molecule has 20 heavy (non-hydrogen) atoms. The van der Waals surface area contributed by atoms with Crippen LogP contribution < -0.4 is 0 Å². The van der Waals surface area contributed by atoms with Gasteiger partial charge in [0.2, 0.25) is 0 Å². The van der Waals surface area contributed by atoms with Crippen molar-refractivity contribution in [3.05, 3.63) is 23.0 Å². The molecule has 1 saturated heterocycles. The number of fused-ring (bicyclic) bond motifs is 1. The fraction of sp³-hybridized carbons (Fsp3) is 0.500. The van der Waals surface area contributed by atoms with E-state index in [0.717, 1.165) is 48.3 Å². The summed E-state index contributed by atoms with van der Waals surface area (Å²) in [6.07, 6.45) is 3.26. The van der Waals surface area contributed by atoms with E-state index >= 15 is 0 Å². The van der Waals surface area contributed by atoms with E-state index in [2.05, 4.69) is 10.1 Å². The molecule has 0 aromatic carbocycles. The van der Waals surface area contributed by atoms with Gasteiger partial charge in [0, 0.05) is 24.8 Å². The maximum absolute atomic E-state index is 11.2. The van der Waals surface area contributed by atoms with Crippen molar-refractivity contribution in [3.63, 3.8) is 0 Å². The van der Waals surface area contributed by atoms with E-state index in [0.29, 0.717) is 0 Å². The van der Waals surface area contributed by atoms with E-state index in [1.807, 2.05) is 18.5 Å². The van der Waals surface area contributed by atoms with Crippen molar-refractivity contribution < 1.29 is 14.6 Å². The van der Waals surface area contributed by atoms with Crippen LogP contribution in [0.4, 0.5) is 0 Å². The summed E-state index contributed by atoms with van der Waals surface area (Å²) in [6, 6.07) is 0.280. The third-order valence-electron chi connectivity index (χ3n) is 3.92. The Hall–Kier alpha value is -1.95. The molecule has 0 unspecified atom stereocenters. The Labute approximate surface area is 116 Å². The van der Waals surface area contributed by atoms with Crippen LogP contribution in [-0.4, -0.2) is 39.1 Å². The first kappa shape index (κ1) is 13.1. The van der Waals surface area contributed by atoms with Crippen molar-refractivity contribution in [3.8, 4) is 0 Å². The molecule has 0 amide bonds. The largest absolute Gasteiger partial charge is 0.478 e. The van der Waals surface area contributed by atoms with Crippen molar-refractivity contribution >= 4 is 17.0 Å². The molecule has 2 aromatic heterocycles. The first-order valence-corrected chi connectivity index (χ1v) is 6.75. The quantitative estimate of drug-likeness (QED) is 0.908. The molecule has 1 aliphatic rings. The lowest BCUT2D eigenvalue weighted by molar-refractivity contribution is 0.0672. The van der Waals surface area contributed by atoms with Crippen molar-refractivity contribution in [1.29, 1.82) is 0 Å². The van der Waals surface area contributed by atoms with E-state index in [1.54, 1.807) is 0 Å². The van der Waals surface area contributed by atoms with Gasteiger partial charge in [-0.05, 0) is 32.3 Å². The van der Waals surface area contributed by atoms with E-state index < -0.39 is 5.97 Å². The molecule has 1 fully saturated rings. The van der Waals surface area contributed by atoms with Gasteiger partial charge in [-0.3, -0.25) is 0 Å². The maximum Gasteiger partial charge on any atom is 0.337 e. The first-order chi connectivity index (χ1) is 9.59. The molecule has 0 atom stereocenters. The molecule has 3 rings (SSSR count). The number of ether oxygens (including phenoxy) is 1. The van der Waals surface area contributed by atoms with Crippen molar-refractivity contribution in [2.24, 2.45) is 0 Å². The number of aromatic carboxylic acids is 1. The smallest absolute Gasteiger partial charge is 0.337 e. The number of hydrogen-bond donors (Lipinski definition) is 1. The average molecular weight is 275 g/mol. The van der Waals surface area contributed by atoms with Crippen LogP contribution in [0.25, 0.3) is 11.0 Å². The van der Waals surface area contributed by atoms with Gasteiger partial charge in [0.1, 0.15) is 0 Å². The van der Waals surface area contributed by atoms with Gasteiger partial charge in [-0.15, -0.1) is 0 Å². The lowest BCUT2D eigenvalue weighted by atomic mass is 10.1. The molecule has 1 aliphatic heterocycles. The molecule has 2 aromatic rings. The summed E-state index contributed by atoms with van der Waals surface area (Å²) >= 11 is 0. The van der Waals surface area contributed by atoms with E-state index in [1.165, 1.54) is 6.20 Å². The van der Waals surface area contributed by atoms with Crippen molar-refractivity contribution in [2.75, 3.05) is 13.2 Å². The monoisotopic (exact) mass is 275 g/mol. The van der Waals surface area contributed by atoms with Gasteiger partial charge >= 0.3 is 5.97 Å². The summed E-state index contributed by atoms with van der Waals surface area (Å²) in [5, 5.41) is 14.6. The van der Waals surface area contributed by atoms with Gasteiger partial charge in [-0.2, -0.15) is 5.10 Å². The first-order valence-electron chi connectivity index (χ1n) is 6.75. The third kappa shape index (κ3) is 1.96. The Bertz CT molecular complexity index is 672. The zero-order chi connectivity index (χ0) is 14.3. The number of carboxylic acid groups (broad SMARTS) is 1.